The maximum Gasteiger partial charge on any atom is 0.369 e. The van der Waals surface area contributed by atoms with Gasteiger partial charge in [0.25, 0.3) is 0 Å². The van der Waals surface area contributed by atoms with Gasteiger partial charge in [-0.1, -0.05) is 78.9 Å². The first-order valence-electron chi connectivity index (χ1n) is 10.7. The Kier molecular flexibility index (Phi) is 5.50. The topological polar surface area (TPSA) is 20.5 Å². The Morgan fingerprint density at radius 1 is 0.531 bits per heavy atom. The Morgan fingerprint density at radius 3 is 1.62 bits per heavy atom. The van der Waals surface area contributed by atoms with E-state index in [0.29, 0.717) is 0 Å². The van der Waals surface area contributed by atoms with E-state index in [4.69, 9.17) is 9.15 Å². The van der Waals surface area contributed by atoms with E-state index >= 15 is 0 Å². The Morgan fingerprint density at radius 2 is 1.06 bits per heavy atom. The van der Waals surface area contributed by atoms with Crippen LogP contribution < -0.4 is 4.74 Å². The molecule has 0 aliphatic heterocycles. The fourth-order valence-corrected chi connectivity index (χ4v) is 3.94. The smallest absolute Gasteiger partial charge is 0.369 e. The summed E-state index contributed by atoms with van der Waals surface area (Å²) in [6.07, 6.45) is 0. The van der Waals surface area contributed by atoms with E-state index in [1.807, 2.05) is 54.6 Å². The van der Waals surface area contributed by atoms with E-state index in [2.05, 4.69) is 66.7 Å². The maximum absolute atomic E-state index is 6.62. The zero-order chi connectivity index (χ0) is 21.8. The van der Waals surface area contributed by atoms with E-state index in [1.165, 1.54) is 0 Å². The predicted octanol–water partition coefficient (Wildman–Crippen LogP) is 8.24. The van der Waals surface area contributed by atoms with Crippen LogP contribution in [0.1, 0.15) is 0 Å². The molecule has 0 aliphatic rings. The van der Waals surface area contributed by atoms with Crippen LogP contribution in [0.4, 0.5) is 0 Å². The molecule has 32 heavy (non-hydrogen) atoms. The Bertz CT molecular complexity index is 1310. The molecule has 0 aliphatic carbocycles. The lowest BCUT2D eigenvalue weighted by molar-refractivity contribution is 0.415. The Balaban J connectivity index is 1.85. The van der Waals surface area contributed by atoms with Crippen molar-refractivity contribution in [1.29, 1.82) is 0 Å². The van der Waals surface area contributed by atoms with Crippen LogP contribution in [0.2, 0.25) is 0 Å². The molecule has 0 radical (unpaired) electrons. The lowest BCUT2D eigenvalue weighted by Gasteiger charge is -2.11. The van der Waals surface area contributed by atoms with Crippen molar-refractivity contribution >= 4 is 0 Å². The van der Waals surface area contributed by atoms with Crippen molar-refractivity contribution in [3.63, 3.8) is 0 Å². The number of benzene rings is 4. The largest absolute Gasteiger partial charge is 0.497 e. The third-order valence-corrected chi connectivity index (χ3v) is 5.54. The second-order valence-electron chi connectivity index (χ2n) is 7.56. The highest BCUT2D eigenvalue weighted by atomic mass is 16.5. The van der Waals surface area contributed by atoms with Gasteiger partial charge in [0, 0.05) is 5.56 Å². The third kappa shape index (κ3) is 3.91. The third-order valence-electron chi connectivity index (χ3n) is 5.54. The molecular formula is C30H23O2+. The molecule has 0 N–H and O–H groups in total. The van der Waals surface area contributed by atoms with Crippen LogP contribution in [0.15, 0.2) is 126 Å². The predicted molar refractivity (Wildman–Crippen MR) is 131 cm³/mol. The van der Waals surface area contributed by atoms with Gasteiger partial charge in [0.2, 0.25) is 0 Å². The SMILES string of the molecule is COc1ccc(-c2cc(-c3ccccc3)[o+]c(-c3ccccc3)c2-c2ccccc2)cc1. The molecule has 1 aromatic heterocycles. The van der Waals surface area contributed by atoms with Crippen molar-refractivity contribution in [1.82, 2.24) is 0 Å². The first-order valence-corrected chi connectivity index (χ1v) is 10.7. The average molecular weight is 416 g/mol. The summed E-state index contributed by atoms with van der Waals surface area (Å²) in [6.45, 7) is 0. The minimum Gasteiger partial charge on any atom is -0.497 e. The molecule has 0 spiro atoms. The Labute approximate surface area is 188 Å². The number of methoxy groups -OCH3 is 1. The molecule has 1 heterocycles. The zero-order valence-electron chi connectivity index (χ0n) is 17.9. The first kappa shape index (κ1) is 19.8. The van der Waals surface area contributed by atoms with Gasteiger partial charge in [0.1, 0.15) is 5.75 Å². The minimum atomic E-state index is 0.829. The summed E-state index contributed by atoms with van der Waals surface area (Å²) in [5.41, 5.74) is 6.48. The molecule has 5 rings (SSSR count). The van der Waals surface area contributed by atoms with Crippen molar-refractivity contribution in [3.8, 4) is 50.7 Å². The van der Waals surface area contributed by atoms with E-state index in [9.17, 15) is 0 Å². The molecule has 0 bridgehead atoms. The lowest BCUT2D eigenvalue weighted by Crippen LogP contribution is -1.93. The summed E-state index contributed by atoms with van der Waals surface area (Å²) in [4.78, 5) is 0. The summed E-state index contributed by atoms with van der Waals surface area (Å²) >= 11 is 0. The molecule has 0 fully saturated rings. The molecule has 0 saturated heterocycles. The van der Waals surface area contributed by atoms with Crippen molar-refractivity contribution in [2.24, 2.45) is 0 Å². The van der Waals surface area contributed by atoms with Crippen LogP contribution in [-0.2, 0) is 0 Å². The van der Waals surface area contributed by atoms with Crippen LogP contribution in [-0.4, -0.2) is 7.11 Å². The number of hydrogen-bond donors (Lipinski definition) is 0. The summed E-state index contributed by atoms with van der Waals surface area (Å²) in [5.74, 6) is 2.51. The van der Waals surface area contributed by atoms with Crippen LogP contribution >= 0.6 is 0 Å². The van der Waals surface area contributed by atoms with Crippen LogP contribution in [0.25, 0.3) is 44.9 Å². The molecule has 4 aromatic carbocycles. The molecule has 5 aromatic rings. The van der Waals surface area contributed by atoms with Gasteiger partial charge in [-0.15, -0.1) is 0 Å². The maximum atomic E-state index is 6.62. The fourth-order valence-electron chi connectivity index (χ4n) is 3.94. The van der Waals surface area contributed by atoms with Gasteiger partial charge in [-0.05, 0) is 47.5 Å². The van der Waals surface area contributed by atoms with Crippen LogP contribution in [0.5, 0.6) is 5.75 Å². The fraction of sp³-hybridized carbons (Fsp3) is 0.0333. The Hall–Kier alpha value is -4.17. The number of hydrogen-bond acceptors (Lipinski definition) is 1. The molecule has 0 unspecified atom stereocenters. The molecule has 0 amide bonds. The minimum absolute atomic E-state index is 0.829. The molecule has 2 heteroatoms. The van der Waals surface area contributed by atoms with Crippen molar-refractivity contribution in [2.75, 3.05) is 7.11 Å². The van der Waals surface area contributed by atoms with Gasteiger partial charge < -0.3 is 4.74 Å². The van der Waals surface area contributed by atoms with Crippen molar-refractivity contribution in [3.05, 3.63) is 121 Å². The molecule has 0 saturated carbocycles. The second-order valence-corrected chi connectivity index (χ2v) is 7.56. The molecule has 0 atom stereocenters. The van der Waals surface area contributed by atoms with Crippen LogP contribution in [0.3, 0.4) is 0 Å². The van der Waals surface area contributed by atoms with Gasteiger partial charge >= 0.3 is 11.5 Å². The first-order chi connectivity index (χ1) is 15.8. The molecular weight excluding hydrogens is 392 g/mol. The number of rotatable bonds is 5. The normalized spacial score (nSPS) is 10.7. The number of ether oxygens (including phenoxy) is 1. The van der Waals surface area contributed by atoms with Crippen molar-refractivity contribution in [2.45, 2.75) is 0 Å². The zero-order valence-corrected chi connectivity index (χ0v) is 17.9. The summed E-state index contributed by atoms with van der Waals surface area (Å²) in [7, 11) is 1.69. The lowest BCUT2D eigenvalue weighted by atomic mass is 9.91. The van der Waals surface area contributed by atoms with Gasteiger partial charge in [-0.2, -0.15) is 0 Å². The summed E-state index contributed by atoms with van der Waals surface area (Å²) in [6, 6.07) is 41.3. The van der Waals surface area contributed by atoms with Crippen LogP contribution in [0, 0.1) is 0 Å². The summed E-state index contributed by atoms with van der Waals surface area (Å²) in [5, 5.41) is 0. The highest BCUT2D eigenvalue weighted by molar-refractivity contribution is 5.93. The molecule has 2 nitrogen and oxygen atoms in total. The monoisotopic (exact) mass is 415 g/mol. The highest BCUT2D eigenvalue weighted by Gasteiger charge is 2.28. The van der Waals surface area contributed by atoms with Gasteiger partial charge in [-0.3, -0.25) is 0 Å². The van der Waals surface area contributed by atoms with Crippen molar-refractivity contribution < 1.29 is 9.15 Å². The van der Waals surface area contributed by atoms with Gasteiger partial charge in [-0.25, -0.2) is 4.42 Å². The van der Waals surface area contributed by atoms with E-state index in [-0.39, 0.29) is 0 Å². The average Bonchev–Trinajstić information content (AvgIpc) is 2.89. The van der Waals surface area contributed by atoms with E-state index in [0.717, 1.165) is 50.7 Å². The second kappa shape index (κ2) is 8.91. The van der Waals surface area contributed by atoms with E-state index < -0.39 is 0 Å². The molecule has 154 valence electrons. The van der Waals surface area contributed by atoms with Gasteiger partial charge in [0.15, 0.2) is 0 Å². The highest BCUT2D eigenvalue weighted by Crippen LogP contribution is 2.43. The standard InChI is InChI=1S/C30H23O2/c1-31-26-19-17-22(18-20-26)27-21-28(23-11-5-2-6-12-23)32-30(25-15-9-4-10-16-25)29(27)24-13-7-3-8-14-24/h2-21H,1H3/q+1. The van der Waals surface area contributed by atoms with Gasteiger partial charge in [0.05, 0.1) is 29.9 Å². The quantitative estimate of drug-likeness (QED) is 0.269. The van der Waals surface area contributed by atoms with E-state index in [1.54, 1.807) is 7.11 Å². The summed E-state index contributed by atoms with van der Waals surface area (Å²) < 4.78 is 12.0.